The molecule has 5 nitrogen and oxygen atoms in total. The fourth-order valence-electron chi connectivity index (χ4n) is 1.93. The van der Waals surface area contributed by atoms with E-state index in [-0.39, 0.29) is 23.6 Å². The summed E-state index contributed by atoms with van der Waals surface area (Å²) in [6, 6.07) is 2.56. The minimum Gasteiger partial charge on any atom is -0.489 e. The molecular formula is C12H10F3NO4. The lowest BCUT2D eigenvalue weighted by molar-refractivity contribution is -0.171. The Bertz CT molecular complexity index is 570. The van der Waals surface area contributed by atoms with Crippen molar-refractivity contribution in [3.05, 3.63) is 23.8 Å². The number of nitrogens with zero attached hydrogens (tertiary/aromatic N) is 1. The number of halogens is 3. The van der Waals surface area contributed by atoms with Crippen LogP contribution in [0.15, 0.2) is 18.2 Å². The first-order valence-corrected chi connectivity index (χ1v) is 5.62. The van der Waals surface area contributed by atoms with Gasteiger partial charge in [-0.05, 0) is 25.1 Å². The average molecular weight is 289 g/mol. The molecule has 2 rings (SSSR count). The molecule has 1 aromatic rings. The van der Waals surface area contributed by atoms with Crippen molar-refractivity contribution < 1.29 is 32.6 Å². The molecule has 108 valence electrons. The first-order chi connectivity index (χ1) is 9.21. The van der Waals surface area contributed by atoms with Crippen molar-refractivity contribution in [1.29, 1.82) is 0 Å². The minimum absolute atomic E-state index is 0.0550. The Morgan fingerprint density at radius 1 is 1.40 bits per heavy atom. The Morgan fingerprint density at radius 3 is 2.60 bits per heavy atom. The molecule has 0 spiro atoms. The van der Waals surface area contributed by atoms with Crippen LogP contribution in [0.4, 0.5) is 18.9 Å². The monoisotopic (exact) mass is 289 g/mol. The van der Waals surface area contributed by atoms with E-state index in [0.717, 1.165) is 18.2 Å². The molecule has 1 atom stereocenters. The zero-order valence-electron chi connectivity index (χ0n) is 10.3. The normalized spacial score (nSPS) is 18.2. The van der Waals surface area contributed by atoms with E-state index >= 15 is 0 Å². The van der Waals surface area contributed by atoms with Gasteiger partial charge in [0.2, 0.25) is 0 Å². The topological polar surface area (TPSA) is 66.8 Å². The molecule has 1 amide bonds. The Balaban J connectivity index is 2.47. The molecule has 0 aromatic heterocycles. The second-order valence-electron chi connectivity index (χ2n) is 4.32. The predicted molar refractivity (Wildman–Crippen MR) is 61.9 cm³/mol. The molecule has 20 heavy (non-hydrogen) atoms. The highest BCUT2D eigenvalue weighted by molar-refractivity contribution is 6.00. The van der Waals surface area contributed by atoms with Gasteiger partial charge in [0.15, 0.2) is 0 Å². The maximum atomic E-state index is 12.6. The van der Waals surface area contributed by atoms with Crippen LogP contribution >= 0.6 is 0 Å². The highest BCUT2D eigenvalue weighted by atomic mass is 19.4. The second-order valence-corrected chi connectivity index (χ2v) is 4.32. The lowest BCUT2D eigenvalue weighted by atomic mass is 10.1. The van der Waals surface area contributed by atoms with E-state index in [1.54, 1.807) is 0 Å². The number of aromatic carboxylic acids is 1. The number of alkyl halides is 3. The molecule has 0 radical (unpaired) electrons. The molecule has 1 unspecified atom stereocenters. The molecule has 0 saturated carbocycles. The standard InChI is InChI=1S/C12H10F3NO4/c1-6-5-20-9-4-7(10(17)18)2-3-8(9)16(6)11(19)12(13,14)15/h2-4,6H,5H2,1H3,(H,17,18). The van der Waals surface area contributed by atoms with Crippen LogP contribution in [0.5, 0.6) is 5.75 Å². The summed E-state index contributed by atoms with van der Waals surface area (Å²) in [7, 11) is 0. The molecule has 1 aliphatic heterocycles. The summed E-state index contributed by atoms with van der Waals surface area (Å²) >= 11 is 0. The van der Waals surface area contributed by atoms with Crippen molar-refractivity contribution >= 4 is 17.6 Å². The molecule has 1 N–H and O–H groups in total. The van der Waals surface area contributed by atoms with Gasteiger partial charge in [0.05, 0.1) is 17.3 Å². The van der Waals surface area contributed by atoms with Gasteiger partial charge in [0.1, 0.15) is 12.4 Å². The van der Waals surface area contributed by atoms with Crippen molar-refractivity contribution in [2.24, 2.45) is 0 Å². The van der Waals surface area contributed by atoms with Crippen molar-refractivity contribution in [2.45, 2.75) is 19.1 Å². The number of carboxylic acids is 1. The number of carbonyl (C=O) groups is 2. The van der Waals surface area contributed by atoms with Crippen molar-refractivity contribution in [3.8, 4) is 5.75 Å². The maximum Gasteiger partial charge on any atom is 0.471 e. The molecule has 1 aliphatic rings. The third kappa shape index (κ3) is 2.40. The lowest BCUT2D eigenvalue weighted by Crippen LogP contribution is -2.50. The Hall–Kier alpha value is -2.25. The summed E-state index contributed by atoms with van der Waals surface area (Å²) in [6.07, 6.45) is -5.01. The van der Waals surface area contributed by atoms with E-state index in [1.165, 1.54) is 6.92 Å². The number of rotatable bonds is 1. The highest BCUT2D eigenvalue weighted by Gasteiger charge is 2.46. The number of anilines is 1. The largest absolute Gasteiger partial charge is 0.489 e. The summed E-state index contributed by atoms with van der Waals surface area (Å²) in [5, 5.41) is 8.83. The first kappa shape index (κ1) is 14.2. The van der Waals surface area contributed by atoms with Gasteiger partial charge in [-0.3, -0.25) is 9.69 Å². The summed E-state index contributed by atoms with van der Waals surface area (Å²) < 4.78 is 42.9. The number of carbonyl (C=O) groups excluding carboxylic acids is 1. The lowest BCUT2D eigenvalue weighted by Gasteiger charge is -2.35. The summed E-state index contributed by atoms with van der Waals surface area (Å²) in [5.74, 6) is -3.29. The molecule has 1 heterocycles. The third-order valence-corrected chi connectivity index (χ3v) is 2.85. The van der Waals surface area contributed by atoms with Gasteiger partial charge >= 0.3 is 18.1 Å². The van der Waals surface area contributed by atoms with Gasteiger partial charge in [0.25, 0.3) is 0 Å². The number of hydrogen-bond donors (Lipinski definition) is 1. The smallest absolute Gasteiger partial charge is 0.471 e. The maximum absolute atomic E-state index is 12.6. The van der Waals surface area contributed by atoms with Gasteiger partial charge in [0, 0.05) is 0 Å². The fraction of sp³-hybridized carbons (Fsp3) is 0.333. The van der Waals surface area contributed by atoms with Crippen LogP contribution in [0, 0.1) is 0 Å². The number of amides is 1. The number of hydrogen-bond acceptors (Lipinski definition) is 3. The Morgan fingerprint density at radius 2 is 2.05 bits per heavy atom. The number of ether oxygens (including phenoxy) is 1. The molecule has 0 fully saturated rings. The van der Waals surface area contributed by atoms with Crippen molar-refractivity contribution in [2.75, 3.05) is 11.5 Å². The van der Waals surface area contributed by atoms with E-state index in [9.17, 15) is 22.8 Å². The predicted octanol–water partition coefficient (Wildman–Crippen LogP) is 2.06. The zero-order chi connectivity index (χ0) is 15.1. The van der Waals surface area contributed by atoms with Crippen LogP contribution in [0.1, 0.15) is 17.3 Å². The number of fused-ring (bicyclic) bond motifs is 1. The molecule has 8 heteroatoms. The average Bonchev–Trinajstić information content (AvgIpc) is 2.36. The van der Waals surface area contributed by atoms with Crippen molar-refractivity contribution in [1.82, 2.24) is 0 Å². The molecule has 0 aliphatic carbocycles. The minimum atomic E-state index is -5.01. The van der Waals surface area contributed by atoms with E-state index < -0.39 is 24.1 Å². The van der Waals surface area contributed by atoms with Crippen molar-refractivity contribution in [3.63, 3.8) is 0 Å². The van der Waals surface area contributed by atoms with E-state index in [1.807, 2.05) is 0 Å². The van der Waals surface area contributed by atoms with Gasteiger partial charge < -0.3 is 9.84 Å². The summed E-state index contributed by atoms with van der Waals surface area (Å²) in [5.41, 5.74) is -0.214. The van der Waals surface area contributed by atoms with Gasteiger partial charge in [-0.2, -0.15) is 13.2 Å². The molecule has 1 aromatic carbocycles. The van der Waals surface area contributed by atoms with Gasteiger partial charge in [-0.25, -0.2) is 4.79 Å². The zero-order valence-corrected chi connectivity index (χ0v) is 10.3. The molecule has 0 saturated heterocycles. The summed E-state index contributed by atoms with van der Waals surface area (Å²) in [4.78, 5) is 22.8. The van der Waals surface area contributed by atoms with Gasteiger partial charge in [-0.15, -0.1) is 0 Å². The molecule has 0 bridgehead atoms. The van der Waals surface area contributed by atoms with E-state index in [2.05, 4.69) is 0 Å². The SMILES string of the molecule is CC1COc2cc(C(=O)O)ccc2N1C(=O)C(F)(F)F. The van der Waals surface area contributed by atoms with Gasteiger partial charge in [-0.1, -0.05) is 0 Å². The fourth-order valence-corrected chi connectivity index (χ4v) is 1.93. The quantitative estimate of drug-likeness (QED) is 0.859. The number of carboxylic acid groups (broad SMARTS) is 1. The van der Waals surface area contributed by atoms with Crippen LogP contribution in [0.2, 0.25) is 0 Å². The highest BCUT2D eigenvalue weighted by Crippen LogP contribution is 2.37. The van der Waals surface area contributed by atoms with Crippen LogP contribution < -0.4 is 9.64 Å². The molecular weight excluding hydrogens is 279 g/mol. The van der Waals surface area contributed by atoms with Crippen LogP contribution in [0.25, 0.3) is 0 Å². The third-order valence-electron chi connectivity index (χ3n) is 2.85. The second kappa shape index (κ2) is 4.69. The van der Waals surface area contributed by atoms with Crippen LogP contribution in [-0.4, -0.2) is 35.8 Å². The number of benzene rings is 1. The first-order valence-electron chi connectivity index (χ1n) is 5.62. The summed E-state index contributed by atoms with van der Waals surface area (Å²) in [6.45, 7) is 1.27. The van der Waals surface area contributed by atoms with E-state index in [0.29, 0.717) is 4.90 Å². The van der Waals surface area contributed by atoms with E-state index in [4.69, 9.17) is 9.84 Å². The Labute approximate surface area is 111 Å². The Kier molecular flexibility index (Phi) is 3.33. The van der Waals surface area contributed by atoms with Crippen LogP contribution in [0.3, 0.4) is 0 Å². The van der Waals surface area contributed by atoms with Crippen LogP contribution in [-0.2, 0) is 4.79 Å².